The molecule has 0 radical (unpaired) electrons. The Morgan fingerprint density at radius 2 is 2.17 bits per heavy atom. The van der Waals surface area contributed by atoms with Gasteiger partial charge < -0.3 is 15.4 Å². The summed E-state index contributed by atoms with van der Waals surface area (Å²) in [6, 6.07) is 8.03. The van der Waals surface area contributed by atoms with E-state index < -0.39 is 0 Å². The van der Waals surface area contributed by atoms with Crippen LogP contribution in [0, 0.1) is 0 Å². The fourth-order valence-corrected chi connectivity index (χ4v) is 3.96. The number of nitrogens with zero attached hydrogens (tertiary/aromatic N) is 4. The fourth-order valence-electron chi connectivity index (χ4n) is 3.22. The first-order chi connectivity index (χ1) is 14.1. The van der Waals surface area contributed by atoms with Crippen LogP contribution in [0.3, 0.4) is 0 Å². The number of hydrogen-bond donors (Lipinski definition) is 2. The van der Waals surface area contributed by atoms with Crippen LogP contribution < -0.4 is 15.5 Å². The summed E-state index contributed by atoms with van der Waals surface area (Å²) in [5, 5.41) is 13.3. The molecule has 1 aliphatic heterocycles. The van der Waals surface area contributed by atoms with Gasteiger partial charge >= 0.3 is 6.03 Å². The van der Waals surface area contributed by atoms with Gasteiger partial charge in [0.2, 0.25) is 0 Å². The second-order valence-electron chi connectivity index (χ2n) is 6.80. The van der Waals surface area contributed by atoms with Gasteiger partial charge in [-0.1, -0.05) is 12.1 Å². The number of thiazole rings is 1. The van der Waals surface area contributed by atoms with E-state index in [1.54, 1.807) is 22.4 Å². The van der Waals surface area contributed by atoms with E-state index in [1.165, 1.54) is 0 Å². The molecule has 1 aliphatic rings. The first-order valence-corrected chi connectivity index (χ1v) is 10.5. The molecule has 29 heavy (non-hydrogen) atoms. The molecule has 2 aromatic heterocycles. The molecule has 2 N–H and O–H groups in total. The van der Waals surface area contributed by atoms with Gasteiger partial charge in [-0.15, -0.1) is 11.3 Å². The molecule has 152 valence electrons. The van der Waals surface area contributed by atoms with E-state index in [2.05, 4.69) is 20.7 Å². The lowest BCUT2D eigenvalue weighted by Gasteiger charge is -2.19. The molecule has 2 amide bonds. The van der Waals surface area contributed by atoms with E-state index in [0.29, 0.717) is 19.8 Å². The topological polar surface area (TPSA) is 84.3 Å². The molecule has 1 fully saturated rings. The Morgan fingerprint density at radius 1 is 1.34 bits per heavy atom. The highest BCUT2D eigenvalue weighted by Gasteiger charge is 2.28. The Morgan fingerprint density at radius 3 is 2.90 bits per heavy atom. The van der Waals surface area contributed by atoms with E-state index in [1.807, 2.05) is 54.4 Å². The van der Waals surface area contributed by atoms with Crippen molar-refractivity contribution in [2.75, 3.05) is 30.0 Å². The minimum atomic E-state index is -0.0489. The van der Waals surface area contributed by atoms with E-state index in [4.69, 9.17) is 4.74 Å². The smallest absolute Gasteiger partial charge is 0.322 e. The molecule has 3 heterocycles. The van der Waals surface area contributed by atoms with Crippen molar-refractivity contribution in [1.82, 2.24) is 20.1 Å². The van der Waals surface area contributed by atoms with Gasteiger partial charge in [0.1, 0.15) is 0 Å². The number of ether oxygens (including phenoxy) is 1. The molecule has 0 bridgehead atoms. The van der Waals surface area contributed by atoms with Crippen molar-refractivity contribution in [2.45, 2.75) is 26.4 Å². The molecule has 0 aliphatic carbocycles. The number of nitrogens with one attached hydrogen (secondary N) is 2. The molecule has 0 saturated carbocycles. The van der Waals surface area contributed by atoms with Crippen LogP contribution in [0.25, 0.3) is 11.3 Å². The number of anilines is 3. The fraction of sp³-hybridized carbons (Fsp3) is 0.350. The molecule has 1 aromatic carbocycles. The summed E-state index contributed by atoms with van der Waals surface area (Å²) in [7, 11) is 0. The van der Waals surface area contributed by atoms with Crippen molar-refractivity contribution in [2.24, 2.45) is 0 Å². The minimum absolute atomic E-state index is 0.0489. The second-order valence-corrected chi connectivity index (χ2v) is 7.66. The highest BCUT2D eigenvalue weighted by atomic mass is 32.1. The summed E-state index contributed by atoms with van der Waals surface area (Å²) >= 11 is 1.54. The Kier molecular flexibility index (Phi) is 5.77. The zero-order valence-corrected chi connectivity index (χ0v) is 17.3. The van der Waals surface area contributed by atoms with Crippen molar-refractivity contribution in [3.63, 3.8) is 0 Å². The van der Waals surface area contributed by atoms with Crippen LogP contribution in [0.4, 0.5) is 21.3 Å². The number of carbonyl (C=O) groups is 1. The number of benzene rings is 1. The summed E-state index contributed by atoms with van der Waals surface area (Å²) in [6.45, 7) is 6.76. The average Bonchev–Trinajstić information content (AvgIpc) is 3.44. The summed E-state index contributed by atoms with van der Waals surface area (Å²) in [6.07, 6.45) is 3.72. The van der Waals surface area contributed by atoms with Gasteiger partial charge in [0.15, 0.2) is 5.13 Å². The maximum Gasteiger partial charge on any atom is 0.322 e. The van der Waals surface area contributed by atoms with Crippen molar-refractivity contribution in [1.29, 1.82) is 0 Å². The molecular formula is C20H24N6O2S. The first-order valence-electron chi connectivity index (χ1n) is 9.64. The average molecular weight is 413 g/mol. The Bertz CT molecular complexity index is 968. The predicted molar refractivity (Wildman–Crippen MR) is 115 cm³/mol. The molecule has 4 rings (SSSR count). The zero-order valence-electron chi connectivity index (χ0n) is 16.5. The van der Waals surface area contributed by atoms with Crippen LogP contribution in [0.1, 0.15) is 13.8 Å². The normalized spacial score (nSPS) is 16.3. The molecule has 8 nitrogen and oxygen atoms in total. The van der Waals surface area contributed by atoms with Gasteiger partial charge in [0, 0.05) is 36.0 Å². The molecule has 0 unspecified atom stereocenters. The van der Waals surface area contributed by atoms with Gasteiger partial charge in [-0.25, -0.2) is 9.78 Å². The highest BCUT2D eigenvalue weighted by molar-refractivity contribution is 7.14. The van der Waals surface area contributed by atoms with E-state index in [-0.39, 0.29) is 12.1 Å². The van der Waals surface area contributed by atoms with Gasteiger partial charge in [-0.3, -0.25) is 9.58 Å². The number of amides is 2. The minimum Gasteiger partial charge on any atom is -0.380 e. The molecule has 1 atom stereocenters. The number of carbonyl (C=O) groups excluding carboxylic acids is 1. The Hall–Kier alpha value is -2.91. The lowest BCUT2D eigenvalue weighted by molar-refractivity contribution is 0.136. The Labute approximate surface area is 173 Å². The zero-order chi connectivity index (χ0) is 20.2. The Balaban J connectivity index is 1.41. The largest absolute Gasteiger partial charge is 0.380 e. The van der Waals surface area contributed by atoms with Crippen LogP contribution in [0.15, 0.2) is 42.0 Å². The summed E-state index contributed by atoms with van der Waals surface area (Å²) < 4.78 is 7.20. The number of rotatable bonds is 8. The SMILES string of the molecule is CCOCCn1cc(Nc2nc(-c3ccc(N4C(=O)NC[C@H]4C)cc3)cs2)cn1. The quantitative estimate of drug-likeness (QED) is 0.551. The van der Waals surface area contributed by atoms with Gasteiger partial charge in [-0.2, -0.15) is 5.10 Å². The van der Waals surface area contributed by atoms with E-state index >= 15 is 0 Å². The molecule has 9 heteroatoms. The van der Waals surface area contributed by atoms with Crippen LogP contribution in [0.5, 0.6) is 0 Å². The lowest BCUT2D eigenvalue weighted by Crippen LogP contribution is -2.32. The summed E-state index contributed by atoms with van der Waals surface area (Å²) in [5.74, 6) is 0. The maximum absolute atomic E-state index is 12.0. The van der Waals surface area contributed by atoms with Gasteiger partial charge in [0.05, 0.1) is 36.8 Å². The predicted octanol–water partition coefficient (Wildman–Crippen LogP) is 3.70. The van der Waals surface area contributed by atoms with Crippen molar-refractivity contribution >= 4 is 33.9 Å². The summed E-state index contributed by atoms with van der Waals surface area (Å²) in [4.78, 5) is 18.4. The molecule has 0 spiro atoms. The third-order valence-corrected chi connectivity index (χ3v) is 5.46. The molecular weight excluding hydrogens is 388 g/mol. The number of urea groups is 1. The van der Waals surface area contributed by atoms with Crippen LogP contribution >= 0.6 is 11.3 Å². The third kappa shape index (κ3) is 4.41. The first kappa shape index (κ1) is 19.4. The maximum atomic E-state index is 12.0. The van der Waals surface area contributed by atoms with E-state index in [9.17, 15) is 4.79 Å². The van der Waals surface area contributed by atoms with Gasteiger partial charge in [0.25, 0.3) is 0 Å². The summed E-state index contributed by atoms with van der Waals surface area (Å²) in [5.41, 5.74) is 3.69. The van der Waals surface area contributed by atoms with Crippen LogP contribution in [0.2, 0.25) is 0 Å². The molecule has 1 saturated heterocycles. The molecule has 3 aromatic rings. The van der Waals surface area contributed by atoms with E-state index in [0.717, 1.165) is 34.3 Å². The van der Waals surface area contributed by atoms with Crippen molar-refractivity contribution in [3.8, 4) is 11.3 Å². The van der Waals surface area contributed by atoms with Gasteiger partial charge in [-0.05, 0) is 26.0 Å². The van der Waals surface area contributed by atoms with Crippen molar-refractivity contribution in [3.05, 3.63) is 42.0 Å². The monoisotopic (exact) mass is 412 g/mol. The van der Waals surface area contributed by atoms with Crippen LogP contribution in [-0.2, 0) is 11.3 Å². The number of aromatic nitrogens is 3. The highest BCUT2D eigenvalue weighted by Crippen LogP contribution is 2.29. The van der Waals surface area contributed by atoms with Crippen LogP contribution in [-0.4, -0.2) is 46.6 Å². The number of hydrogen-bond acceptors (Lipinski definition) is 6. The standard InChI is InChI=1S/C20H24N6O2S/c1-3-28-9-8-25-12-16(11-22-25)23-19-24-18(13-29-19)15-4-6-17(7-5-15)26-14(2)10-21-20(26)27/h4-7,11-14H,3,8-10H2,1-2H3,(H,21,27)(H,23,24)/t14-/m1/s1. The second kappa shape index (κ2) is 8.62. The van der Waals surface area contributed by atoms with Crippen molar-refractivity contribution < 1.29 is 9.53 Å². The lowest BCUT2D eigenvalue weighted by atomic mass is 10.1. The third-order valence-electron chi connectivity index (χ3n) is 4.71.